The van der Waals surface area contributed by atoms with Crippen LogP contribution in [0.25, 0.3) is 0 Å². The monoisotopic (exact) mass is 318 g/mol. The van der Waals surface area contributed by atoms with Gasteiger partial charge in [-0.05, 0) is 73.5 Å². The first-order valence-corrected chi connectivity index (χ1v) is 10.1. The summed E-state index contributed by atoms with van der Waals surface area (Å²) in [6.07, 6.45) is 13.8. The third kappa shape index (κ3) is 2.38. The van der Waals surface area contributed by atoms with E-state index in [0.29, 0.717) is 16.7 Å². The fourth-order valence-electron chi connectivity index (χ4n) is 7.66. The number of ether oxygens (including phenoxy) is 1. The minimum atomic E-state index is -0.0635. The molecule has 130 valence electrons. The van der Waals surface area contributed by atoms with Gasteiger partial charge in [-0.1, -0.05) is 33.1 Å². The van der Waals surface area contributed by atoms with Gasteiger partial charge in [-0.3, -0.25) is 4.79 Å². The van der Waals surface area contributed by atoms with Crippen molar-refractivity contribution in [2.24, 2.45) is 34.5 Å². The van der Waals surface area contributed by atoms with Gasteiger partial charge in [-0.15, -0.1) is 0 Å². The third-order valence-electron chi connectivity index (χ3n) is 8.66. The summed E-state index contributed by atoms with van der Waals surface area (Å²) in [6.45, 7) is 6.71. The van der Waals surface area contributed by atoms with Crippen molar-refractivity contribution in [2.75, 3.05) is 0 Å². The zero-order valence-electron chi connectivity index (χ0n) is 15.3. The van der Waals surface area contributed by atoms with Crippen LogP contribution in [-0.4, -0.2) is 12.1 Å². The summed E-state index contributed by atoms with van der Waals surface area (Å²) in [5.41, 5.74) is 1.00. The van der Waals surface area contributed by atoms with Gasteiger partial charge in [0.2, 0.25) is 0 Å². The van der Waals surface area contributed by atoms with Crippen LogP contribution in [0.3, 0.4) is 0 Å². The molecule has 0 amide bonds. The van der Waals surface area contributed by atoms with Crippen molar-refractivity contribution >= 4 is 5.97 Å². The predicted octanol–water partition coefficient (Wildman–Crippen LogP) is 5.35. The summed E-state index contributed by atoms with van der Waals surface area (Å²) in [5.74, 6) is 3.13. The maximum Gasteiger partial charge on any atom is 0.302 e. The normalized spacial score (nSPS) is 52.2. The Balaban J connectivity index is 1.68. The summed E-state index contributed by atoms with van der Waals surface area (Å²) in [4.78, 5) is 11.7. The van der Waals surface area contributed by atoms with Gasteiger partial charge in [0.05, 0.1) is 0 Å². The molecule has 0 unspecified atom stereocenters. The number of carbonyl (C=O) groups excluding carboxylic acids is 1. The largest absolute Gasteiger partial charge is 0.462 e. The van der Waals surface area contributed by atoms with E-state index in [1.54, 1.807) is 6.92 Å². The molecule has 0 heterocycles. The second-order valence-electron chi connectivity index (χ2n) is 9.70. The zero-order chi connectivity index (χ0) is 16.2. The Hall–Kier alpha value is -0.530. The molecule has 4 fully saturated rings. The molecule has 4 saturated carbocycles. The van der Waals surface area contributed by atoms with Crippen LogP contribution in [0.4, 0.5) is 0 Å². The highest BCUT2D eigenvalue weighted by Crippen LogP contribution is 2.66. The zero-order valence-corrected chi connectivity index (χ0v) is 15.3. The molecule has 0 N–H and O–H groups in total. The molecule has 4 aliphatic carbocycles. The molecular weight excluding hydrogens is 284 g/mol. The Kier molecular flexibility index (Phi) is 3.81. The Labute approximate surface area is 141 Å². The van der Waals surface area contributed by atoms with E-state index in [0.717, 1.165) is 24.2 Å². The average Bonchev–Trinajstić information content (AvgIpc) is 2.88. The lowest BCUT2D eigenvalue weighted by atomic mass is 9.45. The van der Waals surface area contributed by atoms with Crippen molar-refractivity contribution in [1.29, 1.82) is 0 Å². The molecule has 4 aliphatic rings. The topological polar surface area (TPSA) is 26.3 Å². The molecule has 4 rings (SSSR count). The van der Waals surface area contributed by atoms with Crippen molar-refractivity contribution in [3.05, 3.63) is 0 Å². The minimum absolute atomic E-state index is 0.0635. The van der Waals surface area contributed by atoms with Crippen molar-refractivity contribution in [3.63, 3.8) is 0 Å². The molecule has 0 aliphatic heterocycles. The fourth-order valence-corrected chi connectivity index (χ4v) is 7.66. The number of carbonyl (C=O) groups is 1. The summed E-state index contributed by atoms with van der Waals surface area (Å²) >= 11 is 0. The summed E-state index contributed by atoms with van der Waals surface area (Å²) in [7, 11) is 0. The molecule has 0 bridgehead atoms. The van der Waals surface area contributed by atoms with Crippen LogP contribution in [0.1, 0.15) is 85.0 Å². The van der Waals surface area contributed by atoms with Gasteiger partial charge in [0.15, 0.2) is 0 Å². The lowest BCUT2D eigenvalue weighted by molar-refractivity contribution is -0.182. The summed E-state index contributed by atoms with van der Waals surface area (Å²) < 4.78 is 5.92. The van der Waals surface area contributed by atoms with Gasteiger partial charge in [-0.2, -0.15) is 0 Å². The van der Waals surface area contributed by atoms with Crippen molar-refractivity contribution in [3.8, 4) is 0 Å². The number of fused-ring (bicyclic) bond motifs is 5. The Morgan fingerprint density at radius 2 is 1.70 bits per heavy atom. The van der Waals surface area contributed by atoms with E-state index in [2.05, 4.69) is 13.8 Å². The van der Waals surface area contributed by atoms with Crippen LogP contribution in [0, 0.1) is 34.5 Å². The Morgan fingerprint density at radius 3 is 2.48 bits per heavy atom. The van der Waals surface area contributed by atoms with Gasteiger partial charge in [0.25, 0.3) is 0 Å². The van der Waals surface area contributed by atoms with Gasteiger partial charge in [0.1, 0.15) is 6.10 Å². The minimum Gasteiger partial charge on any atom is -0.462 e. The number of hydrogen-bond acceptors (Lipinski definition) is 2. The van der Waals surface area contributed by atoms with E-state index < -0.39 is 0 Å². The molecule has 0 aromatic heterocycles. The number of rotatable bonds is 1. The Bertz CT molecular complexity index is 486. The van der Waals surface area contributed by atoms with E-state index in [-0.39, 0.29) is 12.1 Å². The third-order valence-corrected chi connectivity index (χ3v) is 8.66. The van der Waals surface area contributed by atoms with Crippen LogP contribution in [0.15, 0.2) is 0 Å². The van der Waals surface area contributed by atoms with Crippen LogP contribution in [-0.2, 0) is 9.53 Å². The van der Waals surface area contributed by atoms with E-state index in [4.69, 9.17) is 4.74 Å². The molecule has 0 radical (unpaired) electrons. The van der Waals surface area contributed by atoms with Gasteiger partial charge >= 0.3 is 5.97 Å². The molecule has 7 atom stereocenters. The van der Waals surface area contributed by atoms with Crippen LogP contribution in [0.2, 0.25) is 0 Å². The average molecular weight is 319 g/mol. The maximum absolute atomic E-state index is 11.7. The van der Waals surface area contributed by atoms with Crippen LogP contribution >= 0.6 is 0 Å². The molecular formula is C21H34O2. The van der Waals surface area contributed by atoms with E-state index >= 15 is 0 Å². The molecule has 0 aromatic rings. The molecule has 0 spiro atoms. The van der Waals surface area contributed by atoms with Gasteiger partial charge in [0, 0.05) is 12.8 Å². The van der Waals surface area contributed by atoms with Crippen LogP contribution < -0.4 is 0 Å². The summed E-state index contributed by atoms with van der Waals surface area (Å²) in [6, 6.07) is 0. The predicted molar refractivity (Wildman–Crippen MR) is 91.9 cm³/mol. The molecule has 2 heteroatoms. The second kappa shape index (κ2) is 5.49. The number of hydrogen-bond donors (Lipinski definition) is 0. The maximum atomic E-state index is 11.7. The van der Waals surface area contributed by atoms with Crippen LogP contribution in [0.5, 0.6) is 0 Å². The molecule has 0 aromatic carbocycles. The van der Waals surface area contributed by atoms with Crippen molar-refractivity contribution in [1.82, 2.24) is 0 Å². The molecule has 23 heavy (non-hydrogen) atoms. The van der Waals surface area contributed by atoms with Gasteiger partial charge in [-0.25, -0.2) is 0 Å². The first-order chi connectivity index (χ1) is 10.9. The highest BCUT2D eigenvalue weighted by atomic mass is 16.5. The number of esters is 1. The highest BCUT2D eigenvalue weighted by molar-refractivity contribution is 5.66. The second-order valence-corrected chi connectivity index (χ2v) is 9.70. The lowest BCUT2D eigenvalue weighted by Gasteiger charge is -2.61. The standard InChI is InChI=1S/C21H34O2/c1-14(22)23-19-13-15-16-8-6-10-20(16,2)12-9-17(15)21(3)11-5-4-7-18(19)21/h15-19H,4-13H2,1-3H3/t15-,16-,17-,18+,19+,20-,21+/m0/s1. The quantitative estimate of drug-likeness (QED) is 0.609. The van der Waals surface area contributed by atoms with Crippen molar-refractivity contribution in [2.45, 2.75) is 91.1 Å². The van der Waals surface area contributed by atoms with Crippen molar-refractivity contribution < 1.29 is 9.53 Å². The Morgan fingerprint density at radius 1 is 0.913 bits per heavy atom. The smallest absolute Gasteiger partial charge is 0.302 e. The van der Waals surface area contributed by atoms with E-state index in [1.165, 1.54) is 57.8 Å². The van der Waals surface area contributed by atoms with E-state index in [1.807, 2.05) is 0 Å². The summed E-state index contributed by atoms with van der Waals surface area (Å²) in [5, 5.41) is 0. The first-order valence-electron chi connectivity index (χ1n) is 10.1. The van der Waals surface area contributed by atoms with Gasteiger partial charge < -0.3 is 4.74 Å². The highest BCUT2D eigenvalue weighted by Gasteiger charge is 2.60. The molecule has 0 saturated heterocycles. The first kappa shape index (κ1) is 16.0. The fraction of sp³-hybridized carbons (Fsp3) is 0.952. The lowest BCUT2D eigenvalue weighted by Crippen LogP contribution is -2.57. The van der Waals surface area contributed by atoms with E-state index in [9.17, 15) is 4.79 Å². The SMILES string of the molecule is CC(=O)O[C@@H]1C[C@H]2[C@@H]3CCC[C@@]3(C)CC[C@@H]2[C@@]2(C)CCCC[C@H]12. The molecule has 2 nitrogen and oxygen atoms in total.